The van der Waals surface area contributed by atoms with Crippen LogP contribution in [0, 0.1) is 10.1 Å². The van der Waals surface area contributed by atoms with E-state index in [1.807, 2.05) is 0 Å². The van der Waals surface area contributed by atoms with Gasteiger partial charge in [-0.3, -0.25) is 10.1 Å². The Bertz CT molecular complexity index is 398. The first-order chi connectivity index (χ1) is 8.06. The minimum Gasteiger partial charge on any atom is -0.330 e. The average molecular weight is 258 g/mol. The van der Waals surface area contributed by atoms with Crippen molar-refractivity contribution >= 4 is 17.3 Å². The summed E-state index contributed by atoms with van der Waals surface area (Å²) in [4.78, 5) is 10.2. The van der Waals surface area contributed by atoms with Gasteiger partial charge < -0.3 is 11.5 Å². The van der Waals surface area contributed by atoms with E-state index in [0.717, 1.165) is 19.3 Å². The fraction of sp³-hybridized carbons (Fsp3) is 0.455. The SMILES string of the molecule is NCCCC[C@H](N)c1cc([N+](=O)[O-])ccc1Cl. The van der Waals surface area contributed by atoms with Crippen molar-refractivity contribution < 1.29 is 4.92 Å². The lowest BCUT2D eigenvalue weighted by Gasteiger charge is -2.13. The predicted octanol–water partition coefficient (Wildman–Crippen LogP) is 2.38. The summed E-state index contributed by atoms with van der Waals surface area (Å²) in [6, 6.07) is 4.04. The Balaban J connectivity index is 2.80. The third kappa shape index (κ3) is 3.96. The smallest absolute Gasteiger partial charge is 0.269 e. The number of nitrogens with zero attached hydrogens (tertiary/aromatic N) is 1. The Morgan fingerprint density at radius 2 is 2.12 bits per heavy atom. The van der Waals surface area contributed by atoms with Gasteiger partial charge in [0.1, 0.15) is 0 Å². The Kier molecular flexibility index (Phi) is 5.34. The van der Waals surface area contributed by atoms with E-state index in [4.69, 9.17) is 23.1 Å². The summed E-state index contributed by atoms with van der Waals surface area (Å²) in [5, 5.41) is 11.1. The van der Waals surface area contributed by atoms with Gasteiger partial charge in [-0.25, -0.2) is 0 Å². The van der Waals surface area contributed by atoms with Crippen LogP contribution in [-0.2, 0) is 0 Å². The molecule has 17 heavy (non-hydrogen) atoms. The van der Waals surface area contributed by atoms with Gasteiger partial charge in [0.05, 0.1) is 4.92 Å². The van der Waals surface area contributed by atoms with Gasteiger partial charge in [0, 0.05) is 23.2 Å². The molecule has 5 nitrogen and oxygen atoms in total. The normalized spacial score (nSPS) is 12.4. The number of nitro groups is 1. The highest BCUT2D eigenvalue weighted by Gasteiger charge is 2.14. The molecule has 0 aliphatic rings. The minimum absolute atomic E-state index is 0.0127. The molecule has 6 heteroatoms. The fourth-order valence-corrected chi connectivity index (χ4v) is 1.85. The van der Waals surface area contributed by atoms with Crippen molar-refractivity contribution in [2.45, 2.75) is 25.3 Å². The summed E-state index contributed by atoms with van der Waals surface area (Å²) < 4.78 is 0. The van der Waals surface area contributed by atoms with Crippen molar-refractivity contribution in [3.63, 3.8) is 0 Å². The van der Waals surface area contributed by atoms with Crippen LogP contribution in [0.5, 0.6) is 0 Å². The molecule has 0 bridgehead atoms. The number of nitro benzene ring substituents is 1. The minimum atomic E-state index is -0.452. The molecule has 0 unspecified atom stereocenters. The molecular weight excluding hydrogens is 242 g/mol. The van der Waals surface area contributed by atoms with Crippen LogP contribution in [0.1, 0.15) is 30.9 Å². The van der Waals surface area contributed by atoms with Crippen molar-refractivity contribution in [1.82, 2.24) is 0 Å². The molecule has 1 atom stereocenters. The first-order valence-electron chi connectivity index (χ1n) is 5.45. The number of non-ortho nitro benzene ring substituents is 1. The molecule has 0 aromatic heterocycles. The predicted molar refractivity (Wildman–Crippen MR) is 67.9 cm³/mol. The van der Waals surface area contributed by atoms with Gasteiger partial charge in [-0.1, -0.05) is 18.0 Å². The second kappa shape index (κ2) is 6.54. The number of hydrogen-bond donors (Lipinski definition) is 2. The van der Waals surface area contributed by atoms with Crippen LogP contribution in [0.15, 0.2) is 18.2 Å². The molecule has 0 saturated heterocycles. The number of benzene rings is 1. The van der Waals surface area contributed by atoms with Gasteiger partial charge in [0.25, 0.3) is 5.69 Å². The molecule has 0 aliphatic heterocycles. The largest absolute Gasteiger partial charge is 0.330 e. The third-order valence-electron chi connectivity index (χ3n) is 2.56. The van der Waals surface area contributed by atoms with Crippen LogP contribution in [0.2, 0.25) is 5.02 Å². The van der Waals surface area contributed by atoms with E-state index in [-0.39, 0.29) is 11.7 Å². The van der Waals surface area contributed by atoms with Crippen LogP contribution in [0.3, 0.4) is 0 Å². The van der Waals surface area contributed by atoms with Crippen molar-refractivity contribution in [2.24, 2.45) is 11.5 Å². The van der Waals surface area contributed by atoms with Gasteiger partial charge in [-0.15, -0.1) is 0 Å². The number of nitrogens with two attached hydrogens (primary N) is 2. The van der Waals surface area contributed by atoms with Crippen molar-refractivity contribution in [1.29, 1.82) is 0 Å². The van der Waals surface area contributed by atoms with Gasteiger partial charge in [-0.2, -0.15) is 0 Å². The molecular formula is C11H16ClN3O2. The maximum atomic E-state index is 10.7. The molecule has 0 spiro atoms. The zero-order chi connectivity index (χ0) is 12.8. The molecule has 0 aliphatic carbocycles. The summed E-state index contributed by atoms with van der Waals surface area (Å²) in [6.45, 7) is 0.620. The quantitative estimate of drug-likeness (QED) is 0.465. The Morgan fingerprint density at radius 3 is 2.71 bits per heavy atom. The van der Waals surface area contributed by atoms with E-state index in [2.05, 4.69) is 0 Å². The lowest BCUT2D eigenvalue weighted by atomic mass is 10.0. The van der Waals surface area contributed by atoms with Crippen molar-refractivity contribution in [3.05, 3.63) is 38.9 Å². The summed E-state index contributed by atoms with van der Waals surface area (Å²) >= 11 is 5.98. The second-order valence-electron chi connectivity index (χ2n) is 3.85. The number of halogens is 1. The number of rotatable bonds is 6. The average Bonchev–Trinajstić information content (AvgIpc) is 2.29. The monoisotopic (exact) mass is 257 g/mol. The fourth-order valence-electron chi connectivity index (χ4n) is 1.59. The Hall–Kier alpha value is -1.17. The maximum Gasteiger partial charge on any atom is 0.269 e. The molecule has 94 valence electrons. The van der Waals surface area contributed by atoms with E-state index in [1.165, 1.54) is 18.2 Å². The van der Waals surface area contributed by atoms with Crippen molar-refractivity contribution in [3.8, 4) is 0 Å². The molecule has 0 heterocycles. The molecule has 1 aromatic carbocycles. The first-order valence-corrected chi connectivity index (χ1v) is 5.83. The van der Waals surface area contributed by atoms with Gasteiger partial charge >= 0.3 is 0 Å². The van der Waals surface area contributed by atoms with Crippen molar-refractivity contribution in [2.75, 3.05) is 6.54 Å². The summed E-state index contributed by atoms with van der Waals surface area (Å²) in [5.74, 6) is 0. The van der Waals surface area contributed by atoms with E-state index >= 15 is 0 Å². The highest BCUT2D eigenvalue weighted by molar-refractivity contribution is 6.31. The second-order valence-corrected chi connectivity index (χ2v) is 4.26. The molecule has 0 fully saturated rings. The Morgan fingerprint density at radius 1 is 1.41 bits per heavy atom. The van der Waals surface area contributed by atoms with Gasteiger partial charge in [-0.05, 0) is 31.0 Å². The van der Waals surface area contributed by atoms with E-state index in [0.29, 0.717) is 17.1 Å². The van der Waals surface area contributed by atoms with Crippen LogP contribution in [-0.4, -0.2) is 11.5 Å². The van der Waals surface area contributed by atoms with E-state index < -0.39 is 4.92 Å². The maximum absolute atomic E-state index is 10.7. The van der Waals surface area contributed by atoms with E-state index in [1.54, 1.807) is 0 Å². The lowest BCUT2D eigenvalue weighted by Crippen LogP contribution is -2.12. The Labute approximate surface area is 105 Å². The van der Waals surface area contributed by atoms with E-state index in [9.17, 15) is 10.1 Å². The summed E-state index contributed by atoms with van der Waals surface area (Å²) in [6.07, 6.45) is 2.50. The van der Waals surface area contributed by atoms with Crippen LogP contribution < -0.4 is 11.5 Å². The standard InChI is InChI=1S/C11H16ClN3O2/c12-10-5-4-8(15(16)17)7-9(10)11(14)3-1-2-6-13/h4-5,7,11H,1-3,6,13-14H2/t11-/m0/s1. The zero-order valence-electron chi connectivity index (χ0n) is 9.43. The highest BCUT2D eigenvalue weighted by atomic mass is 35.5. The molecule has 4 N–H and O–H groups in total. The summed E-state index contributed by atoms with van der Waals surface area (Å²) in [7, 11) is 0. The highest BCUT2D eigenvalue weighted by Crippen LogP contribution is 2.28. The molecule has 0 amide bonds. The molecule has 0 radical (unpaired) electrons. The van der Waals surface area contributed by atoms with Crippen LogP contribution in [0.25, 0.3) is 0 Å². The first kappa shape index (κ1) is 13.9. The molecule has 1 rings (SSSR count). The number of unbranched alkanes of at least 4 members (excludes halogenated alkanes) is 1. The third-order valence-corrected chi connectivity index (χ3v) is 2.90. The van der Waals surface area contributed by atoms with Crippen LogP contribution >= 0.6 is 11.6 Å². The van der Waals surface area contributed by atoms with Crippen LogP contribution in [0.4, 0.5) is 5.69 Å². The lowest BCUT2D eigenvalue weighted by molar-refractivity contribution is -0.384. The summed E-state index contributed by atoms with van der Waals surface area (Å²) in [5.41, 5.74) is 12.0. The topological polar surface area (TPSA) is 95.2 Å². The molecule has 1 aromatic rings. The molecule has 0 saturated carbocycles. The zero-order valence-corrected chi connectivity index (χ0v) is 10.2. The van der Waals surface area contributed by atoms with Gasteiger partial charge in [0.2, 0.25) is 0 Å². The van der Waals surface area contributed by atoms with Gasteiger partial charge in [0.15, 0.2) is 0 Å². The number of hydrogen-bond acceptors (Lipinski definition) is 4.